The zero-order chi connectivity index (χ0) is 12.9. The van der Waals surface area contributed by atoms with Crippen LogP contribution >= 0.6 is 0 Å². The molecule has 1 amide bonds. The number of halogens is 1. The number of hydrogen-bond donors (Lipinski definition) is 1. The molecule has 4 heteroatoms. The Kier molecular flexibility index (Phi) is 4.49. The van der Waals surface area contributed by atoms with E-state index in [1.165, 1.54) is 0 Å². The van der Waals surface area contributed by atoms with Gasteiger partial charge >= 0.3 is 6.09 Å². The maximum Gasteiger partial charge on any atom is 0.408 e. The van der Waals surface area contributed by atoms with Crippen LogP contribution in [0.3, 0.4) is 0 Å². The molecular formula is C13H18FNO2. The average Bonchev–Trinajstić information content (AvgIpc) is 2.24. The molecule has 0 aliphatic heterocycles. The second-order valence-electron chi connectivity index (χ2n) is 4.76. The van der Waals surface area contributed by atoms with Gasteiger partial charge in [-0.25, -0.2) is 9.18 Å². The van der Waals surface area contributed by atoms with Crippen LogP contribution in [0, 0.1) is 0 Å². The summed E-state index contributed by atoms with van der Waals surface area (Å²) in [7, 11) is 0. The van der Waals surface area contributed by atoms with Crippen molar-refractivity contribution < 1.29 is 13.9 Å². The van der Waals surface area contributed by atoms with Crippen LogP contribution in [0.25, 0.3) is 0 Å². The molecule has 94 valence electrons. The summed E-state index contributed by atoms with van der Waals surface area (Å²) in [5.74, 6) is 0. The molecule has 0 bridgehead atoms. The minimum atomic E-state index is -0.663. The molecular weight excluding hydrogens is 221 g/mol. The zero-order valence-electron chi connectivity index (χ0n) is 10.4. The predicted octanol–water partition coefficient (Wildman–Crippen LogP) is 3.22. The Morgan fingerprint density at radius 1 is 1.35 bits per heavy atom. The molecule has 0 spiro atoms. The monoisotopic (exact) mass is 239 g/mol. The molecule has 0 aliphatic rings. The first-order chi connectivity index (χ1) is 7.92. The van der Waals surface area contributed by atoms with Gasteiger partial charge in [0.2, 0.25) is 0 Å². The van der Waals surface area contributed by atoms with Gasteiger partial charge in [0, 0.05) is 0 Å². The Hall–Kier alpha value is -1.58. The third kappa shape index (κ3) is 4.85. The fraction of sp³-hybridized carbons (Fsp3) is 0.462. The molecule has 1 atom stereocenters. The number of ether oxygens (including phenoxy) is 1. The van der Waals surface area contributed by atoms with Crippen molar-refractivity contribution in [1.82, 2.24) is 5.32 Å². The molecule has 0 aliphatic carbocycles. The van der Waals surface area contributed by atoms with Crippen molar-refractivity contribution in [1.29, 1.82) is 0 Å². The van der Waals surface area contributed by atoms with Crippen LogP contribution in [0.15, 0.2) is 30.3 Å². The quantitative estimate of drug-likeness (QED) is 0.879. The first-order valence-corrected chi connectivity index (χ1v) is 5.53. The molecule has 0 saturated heterocycles. The van der Waals surface area contributed by atoms with E-state index in [4.69, 9.17) is 4.74 Å². The van der Waals surface area contributed by atoms with Crippen molar-refractivity contribution in [2.24, 2.45) is 0 Å². The van der Waals surface area contributed by atoms with E-state index in [1.807, 2.05) is 6.07 Å². The fourth-order valence-corrected chi connectivity index (χ4v) is 1.35. The second-order valence-corrected chi connectivity index (χ2v) is 4.76. The van der Waals surface area contributed by atoms with Crippen molar-refractivity contribution in [2.45, 2.75) is 32.4 Å². The number of alkyl halides is 1. The van der Waals surface area contributed by atoms with E-state index in [0.717, 1.165) is 5.56 Å². The lowest BCUT2D eigenvalue weighted by molar-refractivity contribution is 0.0495. The highest BCUT2D eigenvalue weighted by Crippen LogP contribution is 2.14. The Bertz CT molecular complexity index is 359. The Labute approximate surface area is 101 Å². The van der Waals surface area contributed by atoms with Gasteiger partial charge in [-0.3, -0.25) is 0 Å². The summed E-state index contributed by atoms with van der Waals surface area (Å²) in [6.07, 6.45) is -0.607. The molecule has 1 rings (SSSR count). The number of amides is 1. The van der Waals surface area contributed by atoms with Gasteiger partial charge in [-0.15, -0.1) is 0 Å². The molecule has 1 aromatic rings. The SMILES string of the molecule is CC(C)(C)OC(=O)N[C@@H](CF)c1ccccc1. The summed E-state index contributed by atoms with van der Waals surface area (Å²) < 4.78 is 17.9. The number of rotatable bonds is 3. The molecule has 0 fully saturated rings. The summed E-state index contributed by atoms with van der Waals surface area (Å²) in [6, 6.07) is 8.31. The Morgan fingerprint density at radius 3 is 2.41 bits per heavy atom. The van der Waals surface area contributed by atoms with E-state index in [9.17, 15) is 9.18 Å². The van der Waals surface area contributed by atoms with Crippen LogP contribution in [-0.4, -0.2) is 18.4 Å². The largest absolute Gasteiger partial charge is 0.444 e. The highest BCUT2D eigenvalue weighted by molar-refractivity contribution is 5.68. The zero-order valence-corrected chi connectivity index (χ0v) is 10.4. The van der Waals surface area contributed by atoms with Crippen LogP contribution in [-0.2, 0) is 4.74 Å². The summed E-state index contributed by atoms with van der Waals surface area (Å²) in [6.45, 7) is 4.63. The van der Waals surface area contributed by atoms with Gasteiger partial charge < -0.3 is 10.1 Å². The first-order valence-electron chi connectivity index (χ1n) is 5.53. The molecule has 1 aromatic carbocycles. The van der Waals surface area contributed by atoms with Gasteiger partial charge in [0.15, 0.2) is 0 Å². The molecule has 0 heterocycles. The summed E-state index contributed by atoms with van der Waals surface area (Å²) >= 11 is 0. The van der Waals surface area contributed by atoms with Crippen LogP contribution in [0.2, 0.25) is 0 Å². The summed E-state index contributed by atoms with van der Waals surface area (Å²) in [4.78, 5) is 11.5. The Morgan fingerprint density at radius 2 is 1.94 bits per heavy atom. The summed E-state index contributed by atoms with van der Waals surface area (Å²) in [5, 5.41) is 2.50. The van der Waals surface area contributed by atoms with Crippen molar-refractivity contribution in [2.75, 3.05) is 6.67 Å². The van der Waals surface area contributed by atoms with Gasteiger partial charge in [-0.1, -0.05) is 30.3 Å². The lowest BCUT2D eigenvalue weighted by Gasteiger charge is -2.22. The highest BCUT2D eigenvalue weighted by atomic mass is 19.1. The number of nitrogens with one attached hydrogen (secondary N) is 1. The van der Waals surface area contributed by atoms with Crippen molar-refractivity contribution in [3.8, 4) is 0 Å². The van der Waals surface area contributed by atoms with Crippen LogP contribution < -0.4 is 5.32 Å². The molecule has 0 saturated carbocycles. The highest BCUT2D eigenvalue weighted by Gasteiger charge is 2.20. The van der Waals surface area contributed by atoms with Gasteiger partial charge in [0.25, 0.3) is 0 Å². The lowest BCUT2D eigenvalue weighted by atomic mass is 10.1. The van der Waals surface area contributed by atoms with E-state index in [1.54, 1.807) is 45.0 Å². The van der Waals surface area contributed by atoms with E-state index in [2.05, 4.69) is 5.32 Å². The normalized spacial score (nSPS) is 12.9. The molecule has 17 heavy (non-hydrogen) atoms. The van der Waals surface area contributed by atoms with Crippen molar-refractivity contribution in [3.05, 3.63) is 35.9 Å². The number of carbonyl (C=O) groups is 1. The number of alkyl carbamates (subject to hydrolysis) is 1. The van der Waals surface area contributed by atoms with Crippen LogP contribution in [0.1, 0.15) is 32.4 Å². The van der Waals surface area contributed by atoms with E-state index >= 15 is 0 Å². The molecule has 1 N–H and O–H groups in total. The predicted molar refractivity (Wildman–Crippen MR) is 64.5 cm³/mol. The average molecular weight is 239 g/mol. The maximum atomic E-state index is 12.9. The van der Waals surface area contributed by atoms with Gasteiger partial charge in [0.1, 0.15) is 12.3 Å². The number of carbonyl (C=O) groups excluding carboxylic acids is 1. The molecule has 0 unspecified atom stereocenters. The van der Waals surface area contributed by atoms with E-state index in [0.29, 0.717) is 0 Å². The maximum absolute atomic E-state index is 12.9. The fourth-order valence-electron chi connectivity index (χ4n) is 1.35. The third-order valence-electron chi connectivity index (χ3n) is 2.05. The van der Waals surface area contributed by atoms with E-state index < -0.39 is 24.4 Å². The number of benzene rings is 1. The second kappa shape index (κ2) is 5.66. The summed E-state index contributed by atoms with van der Waals surface area (Å²) in [5.41, 5.74) is 0.141. The minimum Gasteiger partial charge on any atom is -0.444 e. The van der Waals surface area contributed by atoms with Crippen molar-refractivity contribution in [3.63, 3.8) is 0 Å². The van der Waals surface area contributed by atoms with Crippen LogP contribution in [0.4, 0.5) is 9.18 Å². The molecule has 0 aromatic heterocycles. The van der Waals surface area contributed by atoms with Gasteiger partial charge in [0.05, 0.1) is 6.04 Å². The number of hydrogen-bond acceptors (Lipinski definition) is 2. The molecule has 3 nitrogen and oxygen atoms in total. The Balaban J connectivity index is 2.62. The van der Waals surface area contributed by atoms with E-state index in [-0.39, 0.29) is 0 Å². The topological polar surface area (TPSA) is 38.3 Å². The van der Waals surface area contributed by atoms with Gasteiger partial charge in [-0.05, 0) is 26.3 Å². The molecule has 0 radical (unpaired) electrons. The van der Waals surface area contributed by atoms with Gasteiger partial charge in [-0.2, -0.15) is 0 Å². The van der Waals surface area contributed by atoms with Crippen molar-refractivity contribution >= 4 is 6.09 Å². The lowest BCUT2D eigenvalue weighted by Crippen LogP contribution is -2.35. The third-order valence-corrected chi connectivity index (χ3v) is 2.05. The van der Waals surface area contributed by atoms with Crippen LogP contribution in [0.5, 0.6) is 0 Å². The standard InChI is InChI=1S/C13H18FNO2/c1-13(2,3)17-12(16)15-11(9-14)10-7-5-4-6-8-10/h4-8,11H,9H2,1-3H3,(H,15,16)/t11-/m0/s1. The smallest absolute Gasteiger partial charge is 0.408 e. The first kappa shape index (κ1) is 13.5. The minimum absolute atomic E-state index is 0.582.